The van der Waals surface area contributed by atoms with Crippen LogP contribution in [0.2, 0.25) is 0 Å². The van der Waals surface area contributed by atoms with Crippen LogP contribution in [0.1, 0.15) is 38.0 Å². The van der Waals surface area contributed by atoms with Crippen LogP contribution >= 0.6 is 15.9 Å². The lowest BCUT2D eigenvalue weighted by Gasteiger charge is -2.26. The van der Waals surface area contributed by atoms with Crippen LogP contribution < -0.4 is 8.92 Å². The third-order valence-corrected chi connectivity index (χ3v) is 6.32. The molecule has 0 saturated carbocycles. The van der Waals surface area contributed by atoms with Gasteiger partial charge in [-0.05, 0) is 50.6 Å². The minimum absolute atomic E-state index is 0.00886. The summed E-state index contributed by atoms with van der Waals surface area (Å²) in [6, 6.07) is 9.25. The number of benzene rings is 2. The second kappa shape index (κ2) is 9.29. The highest BCUT2D eigenvalue weighted by atomic mass is 79.9. The molecule has 0 saturated heterocycles. The normalized spacial score (nSPS) is 14.3. The molecule has 0 aliphatic carbocycles. The van der Waals surface area contributed by atoms with Crippen molar-refractivity contribution in [3.63, 3.8) is 0 Å². The highest BCUT2D eigenvalue weighted by Gasteiger charge is 2.28. The minimum Gasteiger partial charge on any atom is -0.491 e. The lowest BCUT2D eigenvalue weighted by Crippen LogP contribution is -2.36. The number of hydrogen-bond acceptors (Lipinski definition) is 7. The summed E-state index contributed by atoms with van der Waals surface area (Å²) >= 11 is 3.32. The van der Waals surface area contributed by atoms with Crippen molar-refractivity contribution < 1.29 is 32.0 Å². The molecule has 1 N–H and O–H groups in total. The zero-order chi connectivity index (χ0) is 23.7. The lowest BCUT2D eigenvalue weighted by atomic mass is 10.1. The predicted molar refractivity (Wildman–Crippen MR) is 121 cm³/mol. The second-order valence-corrected chi connectivity index (χ2v) is 10.9. The quantitative estimate of drug-likeness (QED) is 0.565. The summed E-state index contributed by atoms with van der Waals surface area (Å²) in [6.45, 7) is 5.71. The Kier molecular flexibility index (Phi) is 7.06. The smallest absolute Gasteiger partial charge is 0.410 e. The molecule has 0 spiro atoms. The van der Waals surface area contributed by atoms with Gasteiger partial charge in [0.25, 0.3) is 0 Å². The topological polar surface area (TPSA) is 102 Å². The Morgan fingerprint density at radius 3 is 2.53 bits per heavy atom. The van der Waals surface area contributed by atoms with Crippen molar-refractivity contribution in [2.24, 2.45) is 0 Å². The number of hydrogen-bond donors (Lipinski definition) is 1. The summed E-state index contributed by atoms with van der Waals surface area (Å²) in [6.07, 6.45) is -0.909. The summed E-state index contributed by atoms with van der Waals surface area (Å²) in [4.78, 5) is 13.3. The molecule has 174 valence electrons. The molecule has 1 aliphatic rings. The van der Waals surface area contributed by atoms with Gasteiger partial charge in [0, 0.05) is 23.5 Å². The van der Waals surface area contributed by atoms with Gasteiger partial charge >= 0.3 is 16.2 Å². The van der Waals surface area contributed by atoms with Crippen LogP contribution in [0.5, 0.6) is 11.5 Å². The van der Waals surface area contributed by atoms with Gasteiger partial charge in [-0.15, -0.1) is 0 Å². The van der Waals surface area contributed by atoms with Crippen molar-refractivity contribution in [3.05, 3.63) is 52.0 Å². The van der Waals surface area contributed by atoms with E-state index < -0.39 is 27.9 Å². The molecule has 32 heavy (non-hydrogen) atoms. The van der Waals surface area contributed by atoms with E-state index >= 15 is 0 Å². The van der Waals surface area contributed by atoms with E-state index in [1.54, 1.807) is 32.9 Å². The fourth-order valence-electron chi connectivity index (χ4n) is 3.12. The standard InChI is InChI=1S/C22H26BrNO7S/c1-22(2,3)30-21(26)24(4)13-18(25)14-5-7-17(8-6-14)31-32(27,28)19-12-16(23)11-15-9-10-29-20(15)19/h5-8,11-12,18,25H,9-10,13H2,1-4H3. The van der Waals surface area contributed by atoms with Crippen molar-refractivity contribution in [1.82, 2.24) is 4.90 Å². The number of likely N-dealkylation sites (N-methyl/N-ethyl adjacent to an activating group) is 1. The summed E-state index contributed by atoms with van der Waals surface area (Å²) in [5, 5.41) is 10.4. The summed E-state index contributed by atoms with van der Waals surface area (Å²) in [7, 11) is -2.60. The SMILES string of the molecule is CN(CC(O)c1ccc(OS(=O)(=O)c2cc(Br)cc3c2OCC3)cc1)C(=O)OC(C)(C)C. The molecule has 2 aromatic carbocycles. The van der Waals surface area contributed by atoms with Crippen molar-refractivity contribution >= 4 is 32.1 Å². The van der Waals surface area contributed by atoms with Gasteiger partial charge in [-0.2, -0.15) is 8.42 Å². The van der Waals surface area contributed by atoms with E-state index in [4.69, 9.17) is 13.7 Å². The Morgan fingerprint density at radius 1 is 1.25 bits per heavy atom. The van der Waals surface area contributed by atoms with E-state index in [1.807, 2.05) is 6.07 Å². The summed E-state index contributed by atoms with van der Waals surface area (Å²) in [5.41, 5.74) is 0.659. The van der Waals surface area contributed by atoms with Gasteiger partial charge in [0.15, 0.2) is 0 Å². The van der Waals surface area contributed by atoms with Gasteiger partial charge in [-0.25, -0.2) is 4.79 Å². The molecule has 1 aliphatic heterocycles. The maximum Gasteiger partial charge on any atom is 0.410 e. The van der Waals surface area contributed by atoms with E-state index in [-0.39, 0.29) is 17.2 Å². The van der Waals surface area contributed by atoms with Crippen LogP contribution in [0.15, 0.2) is 45.8 Å². The van der Waals surface area contributed by atoms with Crippen LogP contribution in [-0.2, 0) is 21.3 Å². The zero-order valence-electron chi connectivity index (χ0n) is 18.3. The van der Waals surface area contributed by atoms with E-state index in [2.05, 4.69) is 15.9 Å². The first-order valence-corrected chi connectivity index (χ1v) is 12.2. The fraction of sp³-hybridized carbons (Fsp3) is 0.409. The molecule has 2 aromatic rings. The molecule has 3 rings (SSSR count). The predicted octanol–water partition coefficient (Wildman–Crippen LogP) is 4.05. The number of carbonyl (C=O) groups excluding carboxylic acids is 1. The van der Waals surface area contributed by atoms with Gasteiger partial charge in [0.05, 0.1) is 19.3 Å². The number of amides is 1. The Morgan fingerprint density at radius 2 is 1.91 bits per heavy atom. The average molecular weight is 528 g/mol. The maximum atomic E-state index is 12.8. The molecule has 10 heteroatoms. The van der Waals surface area contributed by atoms with Crippen LogP contribution in [-0.4, -0.2) is 50.3 Å². The van der Waals surface area contributed by atoms with E-state index in [1.165, 1.54) is 30.1 Å². The van der Waals surface area contributed by atoms with Crippen molar-refractivity contribution in [3.8, 4) is 11.5 Å². The second-order valence-electron chi connectivity index (χ2n) is 8.47. The van der Waals surface area contributed by atoms with Crippen LogP contribution in [0.25, 0.3) is 0 Å². The van der Waals surface area contributed by atoms with E-state index in [0.29, 0.717) is 28.8 Å². The monoisotopic (exact) mass is 527 g/mol. The Hall–Kier alpha value is -2.30. The van der Waals surface area contributed by atoms with Crippen LogP contribution in [0, 0.1) is 0 Å². The maximum absolute atomic E-state index is 12.8. The number of ether oxygens (including phenoxy) is 2. The first kappa shape index (κ1) is 24.3. The molecule has 8 nitrogen and oxygen atoms in total. The number of aliphatic hydroxyl groups is 1. The minimum atomic E-state index is -4.13. The molecule has 0 fully saturated rings. The van der Waals surface area contributed by atoms with Crippen molar-refractivity contribution in [2.45, 2.75) is 43.8 Å². The molecule has 0 bridgehead atoms. The number of halogens is 1. The van der Waals surface area contributed by atoms with E-state index in [0.717, 1.165) is 5.56 Å². The van der Waals surface area contributed by atoms with Gasteiger partial charge < -0.3 is 23.7 Å². The fourth-order valence-corrected chi connectivity index (χ4v) is 4.92. The molecular formula is C22H26BrNO7S. The number of carbonyl (C=O) groups is 1. The first-order chi connectivity index (χ1) is 14.9. The van der Waals surface area contributed by atoms with Crippen molar-refractivity contribution in [2.75, 3.05) is 20.2 Å². The highest BCUT2D eigenvalue weighted by Crippen LogP contribution is 2.37. The molecule has 0 aromatic heterocycles. The molecular weight excluding hydrogens is 502 g/mol. The summed E-state index contributed by atoms with van der Waals surface area (Å²) < 4.78 is 42.3. The number of fused-ring (bicyclic) bond motifs is 1. The molecule has 1 unspecified atom stereocenters. The largest absolute Gasteiger partial charge is 0.491 e. The number of rotatable bonds is 6. The van der Waals surface area contributed by atoms with Gasteiger partial charge in [0.1, 0.15) is 22.0 Å². The van der Waals surface area contributed by atoms with Crippen LogP contribution in [0.4, 0.5) is 4.79 Å². The molecule has 1 amide bonds. The molecule has 1 heterocycles. The summed E-state index contributed by atoms with van der Waals surface area (Å²) in [5.74, 6) is 0.401. The third kappa shape index (κ3) is 5.93. The number of nitrogens with zero attached hydrogens (tertiary/aromatic N) is 1. The van der Waals surface area contributed by atoms with E-state index in [9.17, 15) is 18.3 Å². The Balaban J connectivity index is 1.69. The van der Waals surface area contributed by atoms with Gasteiger partial charge in [-0.1, -0.05) is 28.1 Å². The van der Waals surface area contributed by atoms with Crippen LogP contribution in [0.3, 0.4) is 0 Å². The molecule has 0 radical (unpaired) electrons. The molecule has 1 atom stereocenters. The highest BCUT2D eigenvalue weighted by molar-refractivity contribution is 9.10. The first-order valence-electron chi connectivity index (χ1n) is 9.97. The van der Waals surface area contributed by atoms with Gasteiger partial charge in [0.2, 0.25) is 0 Å². The van der Waals surface area contributed by atoms with Crippen molar-refractivity contribution in [1.29, 1.82) is 0 Å². The third-order valence-electron chi connectivity index (χ3n) is 4.61. The van der Waals surface area contributed by atoms with Gasteiger partial charge in [-0.3, -0.25) is 0 Å². The Labute approximate surface area is 196 Å². The lowest BCUT2D eigenvalue weighted by molar-refractivity contribution is 0.0205. The number of aliphatic hydroxyl groups excluding tert-OH is 1. The average Bonchev–Trinajstić information content (AvgIpc) is 3.14. The Bertz CT molecular complexity index is 1090. The zero-order valence-corrected chi connectivity index (χ0v) is 20.7.